The highest BCUT2D eigenvalue weighted by molar-refractivity contribution is 6.30. The van der Waals surface area contributed by atoms with E-state index in [1.54, 1.807) is 24.1 Å². The predicted molar refractivity (Wildman–Crippen MR) is 109 cm³/mol. The van der Waals surface area contributed by atoms with E-state index < -0.39 is 0 Å². The van der Waals surface area contributed by atoms with Gasteiger partial charge in [-0.05, 0) is 47.5 Å². The van der Waals surface area contributed by atoms with E-state index in [9.17, 15) is 4.79 Å². The molecule has 0 aliphatic carbocycles. The standard InChI is InChI=1S/C22H21ClN2O2/c1-27-19-12-8-17(9-13-19)15-25(14-16-6-10-18(23)11-7-16)22(26)20-4-2-3-5-21(20)24/h2-13H,14-15,24H2,1H3. The minimum Gasteiger partial charge on any atom is -0.497 e. The molecule has 138 valence electrons. The first kappa shape index (κ1) is 18.8. The Morgan fingerprint density at radius 3 is 2.04 bits per heavy atom. The lowest BCUT2D eigenvalue weighted by Crippen LogP contribution is -2.30. The van der Waals surface area contributed by atoms with Crippen molar-refractivity contribution in [3.05, 3.63) is 94.5 Å². The zero-order chi connectivity index (χ0) is 19.2. The van der Waals surface area contributed by atoms with Gasteiger partial charge in [0.25, 0.3) is 5.91 Å². The number of carbonyl (C=O) groups is 1. The summed E-state index contributed by atoms with van der Waals surface area (Å²) in [5.41, 5.74) is 9.00. The topological polar surface area (TPSA) is 55.6 Å². The Labute approximate surface area is 164 Å². The Bertz CT molecular complexity index is 908. The summed E-state index contributed by atoms with van der Waals surface area (Å²) in [5.74, 6) is 0.667. The second-order valence-corrected chi connectivity index (χ2v) is 6.66. The molecule has 0 saturated carbocycles. The van der Waals surface area contributed by atoms with Gasteiger partial charge in [0.15, 0.2) is 0 Å². The number of amides is 1. The first-order chi connectivity index (χ1) is 13.1. The van der Waals surface area contributed by atoms with Crippen molar-refractivity contribution in [1.29, 1.82) is 0 Å². The molecule has 0 fully saturated rings. The van der Waals surface area contributed by atoms with Crippen LogP contribution in [0.3, 0.4) is 0 Å². The Morgan fingerprint density at radius 1 is 0.926 bits per heavy atom. The molecule has 1 amide bonds. The van der Waals surface area contributed by atoms with Crippen molar-refractivity contribution in [2.75, 3.05) is 12.8 Å². The van der Waals surface area contributed by atoms with Crippen molar-refractivity contribution in [2.24, 2.45) is 0 Å². The van der Waals surface area contributed by atoms with Crippen LogP contribution in [-0.4, -0.2) is 17.9 Å². The molecule has 4 nitrogen and oxygen atoms in total. The molecule has 0 unspecified atom stereocenters. The monoisotopic (exact) mass is 380 g/mol. The number of halogens is 1. The molecule has 0 aromatic heterocycles. The predicted octanol–water partition coefficient (Wildman–Crippen LogP) is 4.77. The van der Waals surface area contributed by atoms with Crippen LogP contribution in [0.2, 0.25) is 5.02 Å². The molecule has 0 spiro atoms. The van der Waals surface area contributed by atoms with E-state index in [0.29, 0.717) is 29.4 Å². The fourth-order valence-corrected chi connectivity index (χ4v) is 2.95. The van der Waals surface area contributed by atoms with Crippen LogP contribution >= 0.6 is 11.6 Å². The molecule has 0 aliphatic heterocycles. The van der Waals surface area contributed by atoms with Crippen LogP contribution in [0.25, 0.3) is 0 Å². The van der Waals surface area contributed by atoms with Gasteiger partial charge in [0.2, 0.25) is 0 Å². The minimum atomic E-state index is -0.112. The zero-order valence-corrected chi connectivity index (χ0v) is 15.8. The lowest BCUT2D eigenvalue weighted by atomic mass is 10.1. The van der Waals surface area contributed by atoms with Gasteiger partial charge in [-0.2, -0.15) is 0 Å². The van der Waals surface area contributed by atoms with Crippen molar-refractivity contribution in [3.8, 4) is 5.75 Å². The number of hydrogen-bond donors (Lipinski definition) is 1. The SMILES string of the molecule is COc1ccc(CN(Cc2ccc(Cl)cc2)C(=O)c2ccccc2N)cc1. The summed E-state index contributed by atoms with van der Waals surface area (Å²) in [6.07, 6.45) is 0. The second kappa shape index (κ2) is 8.60. The highest BCUT2D eigenvalue weighted by Crippen LogP contribution is 2.20. The zero-order valence-electron chi connectivity index (χ0n) is 15.1. The van der Waals surface area contributed by atoms with E-state index in [1.807, 2.05) is 60.7 Å². The molecule has 0 radical (unpaired) electrons. The number of para-hydroxylation sites is 1. The summed E-state index contributed by atoms with van der Waals surface area (Å²) < 4.78 is 5.20. The number of anilines is 1. The molecule has 27 heavy (non-hydrogen) atoms. The average molecular weight is 381 g/mol. The molecule has 0 bridgehead atoms. The molecule has 2 N–H and O–H groups in total. The third-order valence-electron chi connectivity index (χ3n) is 4.30. The number of hydrogen-bond acceptors (Lipinski definition) is 3. The van der Waals surface area contributed by atoms with Crippen molar-refractivity contribution >= 4 is 23.2 Å². The Morgan fingerprint density at radius 2 is 1.48 bits per heavy atom. The average Bonchev–Trinajstić information content (AvgIpc) is 2.69. The summed E-state index contributed by atoms with van der Waals surface area (Å²) in [5, 5.41) is 0.666. The number of nitrogen functional groups attached to an aromatic ring is 1. The maximum absolute atomic E-state index is 13.2. The number of rotatable bonds is 6. The van der Waals surface area contributed by atoms with Crippen molar-refractivity contribution in [2.45, 2.75) is 13.1 Å². The summed E-state index contributed by atoms with van der Waals surface area (Å²) in [6.45, 7) is 0.913. The van der Waals surface area contributed by atoms with Crippen molar-refractivity contribution < 1.29 is 9.53 Å². The van der Waals surface area contributed by atoms with Crippen molar-refractivity contribution in [1.82, 2.24) is 4.90 Å². The fourth-order valence-electron chi connectivity index (χ4n) is 2.82. The third kappa shape index (κ3) is 4.80. The lowest BCUT2D eigenvalue weighted by Gasteiger charge is -2.24. The molecule has 0 aliphatic rings. The number of benzene rings is 3. The maximum atomic E-state index is 13.2. The Kier molecular flexibility index (Phi) is 5.99. The summed E-state index contributed by atoms with van der Waals surface area (Å²) in [6, 6.07) is 22.3. The number of carbonyl (C=O) groups excluding carboxylic acids is 1. The van der Waals surface area contributed by atoms with Crippen LogP contribution in [0.15, 0.2) is 72.8 Å². The van der Waals surface area contributed by atoms with Gasteiger partial charge in [-0.3, -0.25) is 4.79 Å². The highest BCUT2D eigenvalue weighted by atomic mass is 35.5. The Hall–Kier alpha value is -2.98. The first-order valence-corrected chi connectivity index (χ1v) is 8.96. The lowest BCUT2D eigenvalue weighted by molar-refractivity contribution is 0.0731. The quantitative estimate of drug-likeness (QED) is 0.626. The minimum absolute atomic E-state index is 0.112. The fraction of sp³-hybridized carbons (Fsp3) is 0.136. The van der Waals surface area contributed by atoms with Gasteiger partial charge in [-0.25, -0.2) is 0 Å². The van der Waals surface area contributed by atoms with Gasteiger partial charge >= 0.3 is 0 Å². The maximum Gasteiger partial charge on any atom is 0.256 e. The van der Waals surface area contributed by atoms with Crippen molar-refractivity contribution in [3.63, 3.8) is 0 Å². The van der Waals surface area contributed by atoms with Crippen LogP contribution in [0.1, 0.15) is 21.5 Å². The molecule has 0 atom stereocenters. The molecule has 3 aromatic carbocycles. The molecular formula is C22H21ClN2O2. The molecule has 0 saturated heterocycles. The molecule has 3 rings (SSSR count). The van der Waals surface area contributed by atoms with Gasteiger partial charge in [0.1, 0.15) is 5.75 Å². The van der Waals surface area contributed by atoms with Gasteiger partial charge in [-0.1, -0.05) is 48.0 Å². The highest BCUT2D eigenvalue weighted by Gasteiger charge is 2.19. The Balaban J connectivity index is 1.88. The van der Waals surface area contributed by atoms with E-state index in [0.717, 1.165) is 16.9 Å². The molecule has 5 heteroatoms. The van der Waals surface area contributed by atoms with E-state index in [4.69, 9.17) is 22.1 Å². The van der Waals surface area contributed by atoms with Crippen LogP contribution in [0.5, 0.6) is 5.75 Å². The van der Waals surface area contributed by atoms with Gasteiger partial charge < -0.3 is 15.4 Å². The van der Waals surface area contributed by atoms with Gasteiger partial charge in [0.05, 0.1) is 12.7 Å². The number of methoxy groups -OCH3 is 1. The summed E-state index contributed by atoms with van der Waals surface area (Å²) >= 11 is 5.98. The van der Waals surface area contributed by atoms with Crippen LogP contribution < -0.4 is 10.5 Å². The van der Waals surface area contributed by atoms with Crippen LogP contribution in [-0.2, 0) is 13.1 Å². The van der Waals surface area contributed by atoms with E-state index in [2.05, 4.69) is 0 Å². The number of ether oxygens (including phenoxy) is 1. The largest absolute Gasteiger partial charge is 0.497 e. The molecular weight excluding hydrogens is 360 g/mol. The molecule has 3 aromatic rings. The normalized spacial score (nSPS) is 10.4. The first-order valence-electron chi connectivity index (χ1n) is 8.58. The van der Waals surface area contributed by atoms with Gasteiger partial charge in [-0.15, -0.1) is 0 Å². The smallest absolute Gasteiger partial charge is 0.256 e. The van der Waals surface area contributed by atoms with E-state index in [1.165, 1.54) is 0 Å². The number of nitrogens with zero attached hydrogens (tertiary/aromatic N) is 1. The molecule has 0 heterocycles. The third-order valence-corrected chi connectivity index (χ3v) is 4.55. The summed E-state index contributed by atoms with van der Waals surface area (Å²) in [7, 11) is 1.63. The van der Waals surface area contributed by atoms with E-state index in [-0.39, 0.29) is 5.91 Å². The second-order valence-electron chi connectivity index (χ2n) is 6.22. The van der Waals surface area contributed by atoms with E-state index >= 15 is 0 Å². The van der Waals surface area contributed by atoms with Gasteiger partial charge in [0, 0.05) is 23.8 Å². The van der Waals surface area contributed by atoms with Crippen LogP contribution in [0, 0.1) is 0 Å². The van der Waals surface area contributed by atoms with Crippen LogP contribution in [0.4, 0.5) is 5.69 Å². The summed E-state index contributed by atoms with van der Waals surface area (Å²) in [4.78, 5) is 14.9. The number of nitrogens with two attached hydrogens (primary N) is 1.